The van der Waals surface area contributed by atoms with E-state index in [1.165, 1.54) is 0 Å². The summed E-state index contributed by atoms with van der Waals surface area (Å²) in [5.74, 6) is -3.75. The van der Waals surface area contributed by atoms with E-state index in [4.69, 9.17) is 0 Å². The standard InChI is InChI=1S/C6H8F2O2/c1-5(10)4-6(7,8)2-3-9/h3H,2,4H2,1H3. The van der Waals surface area contributed by atoms with Crippen LogP contribution in [0.15, 0.2) is 0 Å². The van der Waals surface area contributed by atoms with Gasteiger partial charge in [0.1, 0.15) is 12.1 Å². The minimum absolute atomic E-state index is 0.114. The number of alkyl halides is 2. The lowest BCUT2D eigenvalue weighted by atomic mass is 10.1. The van der Waals surface area contributed by atoms with Crippen molar-refractivity contribution in [2.24, 2.45) is 0 Å². The molecule has 0 aromatic rings. The summed E-state index contributed by atoms with van der Waals surface area (Å²) in [5.41, 5.74) is 0. The molecule has 2 nitrogen and oxygen atoms in total. The molecule has 0 amide bonds. The second kappa shape index (κ2) is 3.39. The van der Waals surface area contributed by atoms with Crippen LogP contribution in [0.3, 0.4) is 0 Å². The summed E-state index contributed by atoms with van der Waals surface area (Å²) in [7, 11) is 0. The van der Waals surface area contributed by atoms with Gasteiger partial charge < -0.3 is 4.79 Å². The average Bonchev–Trinajstić information content (AvgIpc) is 1.59. The Balaban J connectivity index is 3.85. The van der Waals surface area contributed by atoms with Crippen LogP contribution in [-0.4, -0.2) is 18.0 Å². The highest BCUT2D eigenvalue weighted by atomic mass is 19.3. The van der Waals surface area contributed by atoms with E-state index < -0.39 is 24.5 Å². The van der Waals surface area contributed by atoms with E-state index >= 15 is 0 Å². The number of hydrogen-bond acceptors (Lipinski definition) is 2. The average molecular weight is 150 g/mol. The molecule has 10 heavy (non-hydrogen) atoms. The van der Waals surface area contributed by atoms with Gasteiger partial charge in [-0.05, 0) is 6.92 Å². The monoisotopic (exact) mass is 150 g/mol. The molecule has 0 saturated carbocycles. The Hall–Kier alpha value is -0.800. The molecule has 0 aliphatic rings. The number of rotatable bonds is 4. The second-order valence-electron chi connectivity index (χ2n) is 2.11. The first-order valence-electron chi connectivity index (χ1n) is 2.79. The summed E-state index contributed by atoms with van der Waals surface area (Å²) in [6.45, 7) is 1.07. The largest absolute Gasteiger partial charge is 0.303 e. The van der Waals surface area contributed by atoms with E-state index in [2.05, 4.69) is 0 Å². The predicted molar refractivity (Wildman–Crippen MR) is 30.9 cm³/mol. The normalized spacial score (nSPS) is 11.1. The van der Waals surface area contributed by atoms with Gasteiger partial charge in [0.2, 0.25) is 0 Å². The summed E-state index contributed by atoms with van der Waals surface area (Å²) in [6.07, 6.45) is -1.60. The van der Waals surface area contributed by atoms with Crippen molar-refractivity contribution < 1.29 is 18.4 Å². The van der Waals surface area contributed by atoms with Crippen molar-refractivity contribution in [1.82, 2.24) is 0 Å². The maximum absolute atomic E-state index is 12.2. The molecule has 0 rings (SSSR count). The van der Waals surface area contributed by atoms with Crippen molar-refractivity contribution >= 4 is 12.1 Å². The minimum Gasteiger partial charge on any atom is -0.303 e. The number of ketones is 1. The zero-order chi connectivity index (χ0) is 8.20. The predicted octanol–water partition coefficient (Wildman–Crippen LogP) is 1.19. The highest BCUT2D eigenvalue weighted by Crippen LogP contribution is 2.21. The SMILES string of the molecule is CC(=O)CC(F)(F)CC=O. The molecule has 0 N–H and O–H groups in total. The third kappa shape index (κ3) is 4.12. The minimum atomic E-state index is -3.15. The van der Waals surface area contributed by atoms with Gasteiger partial charge in [-0.3, -0.25) is 4.79 Å². The Morgan fingerprint density at radius 1 is 1.60 bits per heavy atom. The first-order chi connectivity index (χ1) is 4.48. The van der Waals surface area contributed by atoms with Crippen molar-refractivity contribution in [2.75, 3.05) is 0 Å². The van der Waals surface area contributed by atoms with Gasteiger partial charge in [0.05, 0.1) is 12.8 Å². The molecule has 0 aliphatic carbocycles. The van der Waals surface area contributed by atoms with Crippen LogP contribution in [0.5, 0.6) is 0 Å². The van der Waals surface area contributed by atoms with Crippen LogP contribution in [0.1, 0.15) is 19.8 Å². The van der Waals surface area contributed by atoms with E-state index in [1.54, 1.807) is 0 Å². The van der Waals surface area contributed by atoms with Crippen molar-refractivity contribution in [2.45, 2.75) is 25.7 Å². The van der Waals surface area contributed by atoms with Gasteiger partial charge >= 0.3 is 0 Å². The van der Waals surface area contributed by atoms with Crippen LogP contribution >= 0.6 is 0 Å². The molecule has 0 unspecified atom stereocenters. The molecule has 0 atom stereocenters. The van der Waals surface area contributed by atoms with Gasteiger partial charge in [0.25, 0.3) is 5.92 Å². The molecule has 4 heteroatoms. The van der Waals surface area contributed by atoms with E-state index in [-0.39, 0.29) is 6.29 Å². The number of hydrogen-bond donors (Lipinski definition) is 0. The summed E-state index contributed by atoms with van der Waals surface area (Å²) >= 11 is 0. The highest BCUT2D eigenvalue weighted by Gasteiger charge is 2.29. The van der Waals surface area contributed by atoms with Gasteiger partial charge in [-0.1, -0.05) is 0 Å². The third-order valence-electron chi connectivity index (χ3n) is 0.890. The van der Waals surface area contributed by atoms with Crippen LogP contribution in [-0.2, 0) is 9.59 Å². The van der Waals surface area contributed by atoms with Gasteiger partial charge in [0.15, 0.2) is 0 Å². The summed E-state index contributed by atoms with van der Waals surface area (Å²) < 4.78 is 24.4. The lowest BCUT2D eigenvalue weighted by molar-refractivity contribution is -0.126. The summed E-state index contributed by atoms with van der Waals surface area (Å²) in [5, 5.41) is 0. The van der Waals surface area contributed by atoms with Crippen LogP contribution < -0.4 is 0 Å². The fourth-order valence-electron chi connectivity index (χ4n) is 0.558. The first kappa shape index (κ1) is 9.20. The molecule has 0 heterocycles. The molecule has 0 aromatic heterocycles. The maximum atomic E-state index is 12.2. The van der Waals surface area contributed by atoms with Gasteiger partial charge in [-0.25, -0.2) is 8.78 Å². The second-order valence-corrected chi connectivity index (χ2v) is 2.11. The van der Waals surface area contributed by atoms with Crippen LogP contribution in [0, 0.1) is 0 Å². The van der Waals surface area contributed by atoms with E-state index in [9.17, 15) is 18.4 Å². The van der Waals surface area contributed by atoms with Gasteiger partial charge in [0, 0.05) is 0 Å². The Labute approximate surface area is 57.2 Å². The molecule has 0 spiro atoms. The van der Waals surface area contributed by atoms with Crippen molar-refractivity contribution in [3.05, 3.63) is 0 Å². The van der Waals surface area contributed by atoms with E-state index in [0.29, 0.717) is 0 Å². The maximum Gasteiger partial charge on any atom is 0.261 e. The number of carbonyl (C=O) groups excluding carboxylic acids is 2. The molecular weight excluding hydrogens is 142 g/mol. The Morgan fingerprint density at radius 3 is 2.40 bits per heavy atom. The van der Waals surface area contributed by atoms with E-state index in [0.717, 1.165) is 6.92 Å². The van der Waals surface area contributed by atoms with Gasteiger partial charge in [-0.15, -0.1) is 0 Å². The lowest BCUT2D eigenvalue weighted by Crippen LogP contribution is -2.19. The third-order valence-corrected chi connectivity index (χ3v) is 0.890. The Morgan fingerprint density at radius 2 is 2.10 bits per heavy atom. The molecule has 0 fully saturated rings. The van der Waals surface area contributed by atoms with Gasteiger partial charge in [-0.2, -0.15) is 0 Å². The fraction of sp³-hybridized carbons (Fsp3) is 0.667. The smallest absolute Gasteiger partial charge is 0.261 e. The van der Waals surface area contributed by atoms with E-state index in [1.807, 2.05) is 0 Å². The molecule has 0 aromatic carbocycles. The summed E-state index contributed by atoms with van der Waals surface area (Å²) in [6, 6.07) is 0. The Kier molecular flexibility index (Phi) is 3.12. The van der Waals surface area contributed by atoms with Crippen LogP contribution in [0.25, 0.3) is 0 Å². The summed E-state index contributed by atoms with van der Waals surface area (Å²) in [4.78, 5) is 19.7. The first-order valence-corrected chi connectivity index (χ1v) is 2.79. The van der Waals surface area contributed by atoms with Crippen molar-refractivity contribution in [3.63, 3.8) is 0 Å². The number of carbonyl (C=O) groups is 2. The number of aldehydes is 1. The molecule has 0 aliphatic heterocycles. The molecule has 0 bridgehead atoms. The number of Topliss-reactive ketones (excluding diaryl/α,β-unsaturated/α-hetero) is 1. The molecule has 58 valence electrons. The Bertz CT molecular complexity index is 143. The number of halogens is 2. The van der Waals surface area contributed by atoms with Crippen molar-refractivity contribution in [3.8, 4) is 0 Å². The van der Waals surface area contributed by atoms with Crippen LogP contribution in [0.2, 0.25) is 0 Å². The molecule has 0 radical (unpaired) electrons. The fourth-order valence-corrected chi connectivity index (χ4v) is 0.558. The topological polar surface area (TPSA) is 34.1 Å². The highest BCUT2D eigenvalue weighted by molar-refractivity contribution is 5.76. The quantitative estimate of drug-likeness (QED) is 0.564. The zero-order valence-corrected chi connectivity index (χ0v) is 5.56. The zero-order valence-electron chi connectivity index (χ0n) is 5.56. The molecule has 0 saturated heterocycles. The van der Waals surface area contributed by atoms with Crippen molar-refractivity contribution in [1.29, 1.82) is 0 Å². The molecular formula is C6H8F2O2. The van der Waals surface area contributed by atoms with Crippen LogP contribution in [0.4, 0.5) is 8.78 Å². The lowest BCUT2D eigenvalue weighted by Gasteiger charge is -2.09.